The van der Waals surface area contributed by atoms with Crippen molar-refractivity contribution in [3.05, 3.63) is 60.2 Å². The summed E-state index contributed by atoms with van der Waals surface area (Å²) in [6.07, 6.45) is 0.742. The van der Waals surface area contributed by atoms with Gasteiger partial charge in [-0.15, -0.1) is 0 Å². The molecular formula is C16H14BrNO2. The van der Waals surface area contributed by atoms with Crippen molar-refractivity contribution in [3.63, 3.8) is 0 Å². The van der Waals surface area contributed by atoms with Gasteiger partial charge in [-0.1, -0.05) is 35.5 Å². The average Bonchev–Trinajstić information content (AvgIpc) is 2.81. The van der Waals surface area contributed by atoms with Gasteiger partial charge in [-0.05, 0) is 52.7 Å². The first-order valence-electron chi connectivity index (χ1n) is 6.40. The first-order chi connectivity index (χ1) is 9.66. The summed E-state index contributed by atoms with van der Waals surface area (Å²) in [6, 6.07) is 17.6. The van der Waals surface area contributed by atoms with Gasteiger partial charge in [-0.2, -0.15) is 0 Å². The summed E-state index contributed by atoms with van der Waals surface area (Å²) in [5.41, 5.74) is 0.681. The van der Waals surface area contributed by atoms with E-state index < -0.39 is 5.60 Å². The third-order valence-corrected chi connectivity index (χ3v) is 3.70. The van der Waals surface area contributed by atoms with Crippen molar-refractivity contribution in [2.75, 3.05) is 0 Å². The standard InChI is InChI=1S/C16H14BrNO2/c1-16(11-15(17)18-20-16)12-7-9-14(10-8-12)19-13-5-3-2-4-6-13/h2-10H,11H2,1H3/t16-/m0/s1. The molecule has 0 unspecified atom stereocenters. The molecule has 0 aliphatic carbocycles. The monoisotopic (exact) mass is 331 g/mol. The van der Waals surface area contributed by atoms with Crippen LogP contribution in [0.1, 0.15) is 18.9 Å². The molecule has 3 nitrogen and oxygen atoms in total. The highest BCUT2D eigenvalue weighted by Gasteiger charge is 2.35. The van der Waals surface area contributed by atoms with E-state index in [0.717, 1.165) is 28.1 Å². The van der Waals surface area contributed by atoms with E-state index >= 15 is 0 Å². The van der Waals surface area contributed by atoms with Crippen LogP contribution in [0.15, 0.2) is 59.8 Å². The second-order valence-corrected chi connectivity index (χ2v) is 5.82. The van der Waals surface area contributed by atoms with Gasteiger partial charge in [0.25, 0.3) is 0 Å². The van der Waals surface area contributed by atoms with Crippen LogP contribution in [-0.4, -0.2) is 4.62 Å². The van der Waals surface area contributed by atoms with E-state index in [9.17, 15) is 0 Å². The van der Waals surface area contributed by atoms with Gasteiger partial charge in [0, 0.05) is 6.42 Å². The zero-order valence-corrected chi connectivity index (χ0v) is 12.6. The van der Waals surface area contributed by atoms with Gasteiger partial charge in [0.1, 0.15) is 16.1 Å². The van der Waals surface area contributed by atoms with Gasteiger partial charge in [0.05, 0.1) is 0 Å². The van der Waals surface area contributed by atoms with Crippen molar-refractivity contribution in [2.45, 2.75) is 18.9 Å². The summed E-state index contributed by atoms with van der Waals surface area (Å²) in [5, 5.41) is 3.96. The molecule has 2 aromatic carbocycles. The zero-order valence-electron chi connectivity index (χ0n) is 11.0. The molecule has 0 bridgehead atoms. The number of oxime groups is 1. The normalized spacial score (nSPS) is 21.2. The maximum Gasteiger partial charge on any atom is 0.166 e. The molecule has 4 heteroatoms. The molecule has 0 fully saturated rings. The fraction of sp³-hybridized carbons (Fsp3) is 0.188. The lowest BCUT2D eigenvalue weighted by Gasteiger charge is -2.21. The van der Waals surface area contributed by atoms with Crippen LogP contribution in [0.5, 0.6) is 11.5 Å². The molecule has 20 heavy (non-hydrogen) atoms. The molecule has 0 aromatic heterocycles. The maximum atomic E-state index is 5.77. The summed E-state index contributed by atoms with van der Waals surface area (Å²) in [6.45, 7) is 2.03. The van der Waals surface area contributed by atoms with Gasteiger partial charge < -0.3 is 9.57 Å². The molecule has 0 radical (unpaired) electrons. The summed E-state index contributed by atoms with van der Waals surface area (Å²) in [7, 11) is 0. The van der Waals surface area contributed by atoms with Crippen molar-refractivity contribution < 1.29 is 9.57 Å². The lowest BCUT2D eigenvalue weighted by molar-refractivity contribution is -0.00740. The Labute approximate surface area is 126 Å². The van der Waals surface area contributed by atoms with Gasteiger partial charge >= 0.3 is 0 Å². The van der Waals surface area contributed by atoms with E-state index in [1.54, 1.807) is 0 Å². The highest BCUT2D eigenvalue weighted by Crippen LogP contribution is 2.36. The SMILES string of the molecule is C[C@@]1(c2ccc(Oc3ccccc3)cc2)CC(Br)=NO1. The van der Waals surface area contributed by atoms with E-state index in [4.69, 9.17) is 9.57 Å². The van der Waals surface area contributed by atoms with E-state index in [-0.39, 0.29) is 0 Å². The first-order valence-corrected chi connectivity index (χ1v) is 7.19. The van der Waals surface area contributed by atoms with Crippen molar-refractivity contribution >= 4 is 20.6 Å². The van der Waals surface area contributed by atoms with Crippen LogP contribution in [-0.2, 0) is 10.4 Å². The number of rotatable bonds is 3. The van der Waals surface area contributed by atoms with Crippen LogP contribution in [0.25, 0.3) is 0 Å². The molecule has 1 heterocycles. The zero-order chi connectivity index (χ0) is 14.0. The smallest absolute Gasteiger partial charge is 0.166 e. The Morgan fingerprint density at radius 1 is 1.05 bits per heavy atom. The van der Waals surface area contributed by atoms with E-state index in [1.807, 2.05) is 61.5 Å². The Hall–Kier alpha value is -1.81. The number of halogens is 1. The molecule has 1 aliphatic rings. The van der Waals surface area contributed by atoms with Crippen LogP contribution in [0.2, 0.25) is 0 Å². The number of nitrogens with zero attached hydrogens (tertiary/aromatic N) is 1. The fourth-order valence-electron chi connectivity index (χ4n) is 2.15. The topological polar surface area (TPSA) is 30.8 Å². The van der Waals surface area contributed by atoms with E-state index in [0.29, 0.717) is 0 Å². The summed E-state index contributed by atoms with van der Waals surface area (Å²) in [5.74, 6) is 1.64. The maximum absolute atomic E-state index is 5.77. The summed E-state index contributed by atoms with van der Waals surface area (Å²) >= 11 is 3.37. The third-order valence-electron chi connectivity index (χ3n) is 3.27. The Bertz CT molecular complexity index is 625. The second kappa shape index (κ2) is 5.29. The Morgan fingerprint density at radius 2 is 1.70 bits per heavy atom. The summed E-state index contributed by atoms with van der Waals surface area (Å²) < 4.78 is 6.61. The first kappa shape index (κ1) is 13.2. The minimum absolute atomic E-state index is 0.399. The Morgan fingerprint density at radius 3 is 2.30 bits per heavy atom. The minimum atomic E-state index is -0.399. The number of benzene rings is 2. The van der Waals surface area contributed by atoms with Crippen LogP contribution < -0.4 is 4.74 Å². The van der Waals surface area contributed by atoms with Crippen LogP contribution >= 0.6 is 15.9 Å². The predicted molar refractivity (Wildman–Crippen MR) is 82.4 cm³/mol. The molecular weight excluding hydrogens is 318 g/mol. The fourth-order valence-corrected chi connectivity index (χ4v) is 2.76. The van der Waals surface area contributed by atoms with Gasteiger partial charge in [0.15, 0.2) is 5.60 Å². The highest BCUT2D eigenvalue weighted by atomic mass is 79.9. The Kier molecular flexibility index (Phi) is 3.49. The van der Waals surface area contributed by atoms with Gasteiger partial charge in [-0.25, -0.2) is 0 Å². The van der Waals surface area contributed by atoms with Crippen molar-refractivity contribution in [2.24, 2.45) is 5.16 Å². The van der Waals surface area contributed by atoms with E-state index in [2.05, 4.69) is 21.1 Å². The lowest BCUT2D eigenvalue weighted by Crippen LogP contribution is -2.20. The molecule has 3 rings (SSSR count). The Balaban J connectivity index is 1.75. The number of hydrogen-bond acceptors (Lipinski definition) is 3. The molecule has 102 valence electrons. The second-order valence-electron chi connectivity index (χ2n) is 4.91. The molecule has 0 amide bonds. The van der Waals surface area contributed by atoms with Crippen molar-refractivity contribution in [1.29, 1.82) is 0 Å². The van der Waals surface area contributed by atoms with Gasteiger partial charge in [0.2, 0.25) is 0 Å². The van der Waals surface area contributed by atoms with E-state index in [1.165, 1.54) is 0 Å². The molecule has 0 N–H and O–H groups in total. The number of para-hydroxylation sites is 1. The quantitative estimate of drug-likeness (QED) is 0.807. The molecule has 2 aromatic rings. The van der Waals surface area contributed by atoms with Crippen molar-refractivity contribution in [1.82, 2.24) is 0 Å². The van der Waals surface area contributed by atoms with Crippen LogP contribution in [0.3, 0.4) is 0 Å². The minimum Gasteiger partial charge on any atom is -0.457 e. The largest absolute Gasteiger partial charge is 0.457 e. The number of ether oxygens (including phenoxy) is 1. The predicted octanol–water partition coefficient (Wildman–Crippen LogP) is 4.82. The molecule has 1 aliphatic heterocycles. The van der Waals surface area contributed by atoms with Crippen molar-refractivity contribution in [3.8, 4) is 11.5 Å². The van der Waals surface area contributed by atoms with Crippen LogP contribution in [0.4, 0.5) is 0 Å². The summed E-state index contributed by atoms with van der Waals surface area (Å²) in [4.78, 5) is 5.50. The molecule has 0 saturated carbocycles. The molecule has 1 atom stereocenters. The average molecular weight is 332 g/mol. The van der Waals surface area contributed by atoms with Gasteiger partial charge in [-0.3, -0.25) is 0 Å². The number of hydrogen-bond donors (Lipinski definition) is 0. The van der Waals surface area contributed by atoms with Crippen LogP contribution in [0, 0.1) is 0 Å². The lowest BCUT2D eigenvalue weighted by atomic mass is 9.93. The molecule has 0 saturated heterocycles. The third kappa shape index (κ3) is 2.70. The molecule has 0 spiro atoms. The highest BCUT2D eigenvalue weighted by molar-refractivity contribution is 9.18.